The molecular formula is C36H50N2OP+. The quantitative estimate of drug-likeness (QED) is 0.161. The molecule has 2 aromatic heterocycles. The summed E-state index contributed by atoms with van der Waals surface area (Å²) in [4.78, 5) is 0. The molecule has 0 fully saturated rings. The fraction of sp³-hybridized carbons (Fsp3) is 0.444. The molecule has 0 aliphatic carbocycles. The Kier molecular flexibility index (Phi) is 9.48. The van der Waals surface area contributed by atoms with Gasteiger partial charge in [-0.25, -0.2) is 0 Å². The fourth-order valence-corrected chi connectivity index (χ4v) is 9.81. The fourth-order valence-electron chi connectivity index (χ4n) is 6.66. The highest BCUT2D eigenvalue weighted by Gasteiger charge is 2.48. The highest BCUT2D eigenvalue weighted by molar-refractivity contribution is 7.82. The Morgan fingerprint density at radius 2 is 1.12 bits per heavy atom. The molecule has 3 atom stereocenters. The Balaban J connectivity index is 1.87. The highest BCUT2D eigenvalue weighted by Crippen LogP contribution is 2.60. The van der Waals surface area contributed by atoms with Crippen LogP contribution in [0.4, 0.5) is 0 Å². The van der Waals surface area contributed by atoms with Gasteiger partial charge in [-0.05, 0) is 81.5 Å². The van der Waals surface area contributed by atoms with Crippen molar-refractivity contribution in [2.45, 2.75) is 78.2 Å². The van der Waals surface area contributed by atoms with Gasteiger partial charge < -0.3 is 13.9 Å². The van der Waals surface area contributed by atoms with Gasteiger partial charge in [-0.15, -0.1) is 0 Å². The van der Waals surface area contributed by atoms with Gasteiger partial charge >= 0.3 is 0 Å². The zero-order valence-corrected chi connectivity index (χ0v) is 27.1. The smallest absolute Gasteiger partial charge is 0.0971 e. The van der Waals surface area contributed by atoms with Crippen LogP contribution in [0.2, 0.25) is 0 Å². The van der Waals surface area contributed by atoms with Crippen LogP contribution in [0.15, 0.2) is 84.9 Å². The lowest BCUT2D eigenvalue weighted by Crippen LogP contribution is -2.44. The molecule has 3 unspecified atom stereocenters. The summed E-state index contributed by atoms with van der Waals surface area (Å²) in [7, 11) is 0.319. The molecular weight excluding hydrogens is 507 g/mol. The van der Waals surface area contributed by atoms with Gasteiger partial charge in [-0.2, -0.15) is 0 Å². The van der Waals surface area contributed by atoms with Gasteiger partial charge in [0.25, 0.3) is 0 Å². The molecule has 0 aliphatic rings. The number of rotatable bonds is 12. The molecule has 2 heterocycles. The summed E-state index contributed by atoms with van der Waals surface area (Å²) in [5.41, 5.74) is 7.09. The maximum Gasteiger partial charge on any atom is 0.0971 e. The molecule has 4 heteroatoms. The Bertz CT molecular complexity index is 1330. The third kappa shape index (κ3) is 6.48. The van der Waals surface area contributed by atoms with Crippen LogP contribution >= 0.6 is 7.26 Å². The molecule has 0 saturated heterocycles. The SMILES string of the molecule is COC(Cn1c(C)ccc1C)C(CC(C)(C)c1ccccc1)C(Cn1c(C)ccc1C)[P+](C)(C)c1ccccc1. The zero-order valence-electron chi connectivity index (χ0n) is 26.2. The summed E-state index contributed by atoms with van der Waals surface area (Å²) in [5.74, 6) is 0.339. The van der Waals surface area contributed by atoms with Crippen molar-refractivity contribution in [2.75, 3.05) is 20.4 Å². The van der Waals surface area contributed by atoms with E-state index in [9.17, 15) is 0 Å². The van der Waals surface area contributed by atoms with E-state index in [1.54, 1.807) is 0 Å². The lowest BCUT2D eigenvalue weighted by molar-refractivity contribution is 0.0236. The van der Waals surface area contributed by atoms with Gasteiger partial charge in [-0.3, -0.25) is 0 Å². The second-order valence-corrected chi connectivity index (χ2v) is 17.0. The molecule has 4 aromatic rings. The standard InChI is InChI=1S/C36H50N2OP/c1-27-20-21-28(2)37(27)25-34(39-7)33(24-36(5,6)31-16-12-10-13-17-31)35(26-38-29(3)22-23-30(38)4)40(8,9)32-18-14-11-15-19-32/h10-23,33-35H,24-26H2,1-9H3/q+1. The highest BCUT2D eigenvalue weighted by atomic mass is 31.2. The predicted molar refractivity (Wildman–Crippen MR) is 175 cm³/mol. The maximum absolute atomic E-state index is 6.56. The van der Waals surface area contributed by atoms with Gasteiger partial charge in [0, 0.05) is 49.6 Å². The van der Waals surface area contributed by atoms with Crippen molar-refractivity contribution >= 4 is 12.6 Å². The van der Waals surface area contributed by atoms with Crippen LogP contribution < -0.4 is 5.30 Å². The number of aromatic nitrogens is 2. The summed E-state index contributed by atoms with van der Waals surface area (Å²) in [6, 6.07) is 31.4. The van der Waals surface area contributed by atoms with Gasteiger partial charge in [0.15, 0.2) is 0 Å². The molecule has 0 saturated carbocycles. The van der Waals surface area contributed by atoms with E-state index in [1.807, 2.05) is 7.11 Å². The van der Waals surface area contributed by atoms with Crippen molar-refractivity contribution < 1.29 is 4.74 Å². The van der Waals surface area contributed by atoms with Crippen molar-refractivity contribution in [2.24, 2.45) is 5.92 Å². The zero-order chi connectivity index (χ0) is 29.1. The normalized spacial score (nSPS) is 14.7. The van der Waals surface area contributed by atoms with Crippen LogP contribution in [0.1, 0.15) is 48.6 Å². The summed E-state index contributed by atoms with van der Waals surface area (Å²) in [5, 5.41) is 1.49. The van der Waals surface area contributed by atoms with Gasteiger partial charge in [0.1, 0.15) is 0 Å². The molecule has 4 rings (SSSR count). The molecule has 3 nitrogen and oxygen atoms in total. The predicted octanol–water partition coefficient (Wildman–Crippen LogP) is 8.19. The Morgan fingerprint density at radius 3 is 1.60 bits per heavy atom. The van der Waals surface area contributed by atoms with E-state index < -0.39 is 7.26 Å². The minimum atomic E-state index is -1.61. The van der Waals surface area contributed by atoms with E-state index in [4.69, 9.17) is 4.74 Å². The number of hydrogen-bond donors (Lipinski definition) is 0. The third-order valence-corrected chi connectivity index (χ3v) is 13.2. The van der Waals surface area contributed by atoms with Crippen LogP contribution in [0.5, 0.6) is 0 Å². The number of ether oxygens (including phenoxy) is 1. The average molecular weight is 558 g/mol. The topological polar surface area (TPSA) is 19.1 Å². The molecule has 0 amide bonds. The first kappa shape index (κ1) is 30.4. The summed E-state index contributed by atoms with van der Waals surface area (Å²) in [6.45, 7) is 20.8. The molecule has 40 heavy (non-hydrogen) atoms. The summed E-state index contributed by atoms with van der Waals surface area (Å²) in [6.07, 6.45) is 1.13. The number of nitrogens with zero attached hydrogens (tertiary/aromatic N) is 2. The van der Waals surface area contributed by atoms with E-state index in [0.717, 1.165) is 19.5 Å². The van der Waals surface area contributed by atoms with E-state index in [-0.39, 0.29) is 11.5 Å². The van der Waals surface area contributed by atoms with Crippen LogP contribution in [0.25, 0.3) is 0 Å². The monoisotopic (exact) mass is 557 g/mol. The van der Waals surface area contributed by atoms with Crippen molar-refractivity contribution in [1.82, 2.24) is 9.13 Å². The van der Waals surface area contributed by atoms with Crippen LogP contribution in [-0.2, 0) is 23.2 Å². The van der Waals surface area contributed by atoms with E-state index in [2.05, 4.69) is 149 Å². The van der Waals surface area contributed by atoms with Crippen LogP contribution in [0, 0.1) is 33.6 Å². The van der Waals surface area contributed by atoms with Crippen LogP contribution in [-0.4, -0.2) is 41.3 Å². The Labute approximate surface area is 243 Å². The van der Waals surface area contributed by atoms with Gasteiger partial charge in [0.05, 0.1) is 36.9 Å². The molecule has 214 valence electrons. The van der Waals surface area contributed by atoms with E-state index in [0.29, 0.717) is 11.6 Å². The Hall–Kier alpha value is -2.61. The number of hydrogen-bond acceptors (Lipinski definition) is 1. The first-order valence-electron chi connectivity index (χ1n) is 14.7. The van der Waals surface area contributed by atoms with E-state index in [1.165, 1.54) is 33.6 Å². The first-order valence-corrected chi connectivity index (χ1v) is 17.4. The number of methoxy groups -OCH3 is 1. The van der Waals surface area contributed by atoms with Crippen molar-refractivity contribution in [3.05, 3.63) is 113 Å². The second kappa shape index (κ2) is 12.5. The lowest BCUT2D eigenvalue weighted by Gasteiger charge is -2.42. The van der Waals surface area contributed by atoms with Crippen molar-refractivity contribution in [1.29, 1.82) is 0 Å². The van der Waals surface area contributed by atoms with E-state index >= 15 is 0 Å². The first-order chi connectivity index (χ1) is 19.0. The minimum Gasteiger partial charge on any atom is -0.379 e. The number of aryl methyl sites for hydroxylation is 4. The molecule has 0 aliphatic heterocycles. The van der Waals surface area contributed by atoms with Crippen molar-refractivity contribution in [3.8, 4) is 0 Å². The minimum absolute atomic E-state index is 0.000795. The molecule has 0 radical (unpaired) electrons. The Morgan fingerprint density at radius 1 is 0.675 bits per heavy atom. The lowest BCUT2D eigenvalue weighted by atomic mass is 9.74. The molecule has 2 aromatic carbocycles. The van der Waals surface area contributed by atoms with Gasteiger partial charge in [0.2, 0.25) is 0 Å². The number of benzene rings is 2. The summed E-state index contributed by atoms with van der Waals surface area (Å²) < 4.78 is 11.6. The molecule has 0 bridgehead atoms. The molecule has 0 spiro atoms. The molecule has 0 N–H and O–H groups in total. The third-order valence-electron chi connectivity index (χ3n) is 9.39. The van der Waals surface area contributed by atoms with Crippen LogP contribution in [0.3, 0.4) is 0 Å². The largest absolute Gasteiger partial charge is 0.379 e. The summed E-state index contributed by atoms with van der Waals surface area (Å²) >= 11 is 0. The average Bonchev–Trinajstić information content (AvgIpc) is 3.44. The van der Waals surface area contributed by atoms with Gasteiger partial charge in [-0.1, -0.05) is 62.4 Å². The maximum atomic E-state index is 6.56. The van der Waals surface area contributed by atoms with Crippen molar-refractivity contribution in [3.63, 3.8) is 0 Å². The second-order valence-electron chi connectivity index (χ2n) is 12.8.